The largest absolute Gasteiger partial charge is 0.508 e. The number of allylic oxidation sites excluding steroid dienone is 4. The molecule has 0 bridgehead atoms. The zero-order chi connectivity index (χ0) is 23.5. The molecule has 11 heteroatoms. The molecule has 1 aliphatic heterocycles. The number of phenolic OH excluding ortho intramolecular Hbond substituents is 1. The van der Waals surface area contributed by atoms with Crippen molar-refractivity contribution in [2.75, 3.05) is 33.2 Å². The van der Waals surface area contributed by atoms with Crippen LogP contribution in [-0.2, 0) is 16.1 Å². The van der Waals surface area contributed by atoms with Gasteiger partial charge in [0.05, 0.1) is 5.03 Å². The number of benzene rings is 1. The molecular formula is C21H26Cl2N4O5. The van der Waals surface area contributed by atoms with Crippen LogP contribution in [0.15, 0.2) is 40.8 Å². The number of carbonyl (C=O) groups excluding carboxylic acids is 2. The van der Waals surface area contributed by atoms with E-state index in [9.17, 15) is 14.7 Å². The fourth-order valence-electron chi connectivity index (χ4n) is 3.56. The first kappa shape index (κ1) is 24.3. The molecule has 0 radical (unpaired) electrons. The lowest BCUT2D eigenvalue weighted by atomic mass is 9.96. The van der Waals surface area contributed by atoms with Gasteiger partial charge in [-0.3, -0.25) is 19.7 Å². The third-order valence-corrected chi connectivity index (χ3v) is 5.94. The number of hydrogen-bond acceptors (Lipinski definition) is 7. The van der Waals surface area contributed by atoms with E-state index in [2.05, 4.69) is 22.2 Å². The fourth-order valence-corrected chi connectivity index (χ4v) is 4.27. The van der Waals surface area contributed by atoms with Gasteiger partial charge in [0, 0.05) is 50.4 Å². The Labute approximate surface area is 196 Å². The van der Waals surface area contributed by atoms with E-state index in [1.165, 1.54) is 11.6 Å². The molecule has 0 aromatic heterocycles. The van der Waals surface area contributed by atoms with E-state index >= 15 is 0 Å². The Balaban J connectivity index is 1.77. The smallest absolute Gasteiger partial charge is 0.332 e. The number of likely N-dealkylation sites (N-methyl/N-ethyl adjacent to an activating group) is 1. The van der Waals surface area contributed by atoms with Gasteiger partial charge >= 0.3 is 11.8 Å². The highest BCUT2D eigenvalue weighted by Crippen LogP contribution is 2.40. The van der Waals surface area contributed by atoms with Crippen molar-refractivity contribution >= 4 is 35.0 Å². The average molecular weight is 485 g/mol. The van der Waals surface area contributed by atoms with Crippen molar-refractivity contribution < 1.29 is 24.6 Å². The lowest BCUT2D eigenvalue weighted by molar-refractivity contribution is -0.143. The number of ether oxygens (including phenoxy) is 1. The number of aromatic hydroxyl groups is 1. The average Bonchev–Trinajstić information content (AvgIpc) is 2.73. The molecule has 2 amide bonds. The van der Waals surface area contributed by atoms with E-state index in [1.807, 2.05) is 0 Å². The van der Waals surface area contributed by atoms with Gasteiger partial charge in [0.2, 0.25) is 0 Å². The summed E-state index contributed by atoms with van der Waals surface area (Å²) in [5, 5.41) is 21.4. The van der Waals surface area contributed by atoms with Gasteiger partial charge < -0.3 is 20.1 Å². The summed E-state index contributed by atoms with van der Waals surface area (Å²) in [5.41, 5.74) is 2.29. The van der Waals surface area contributed by atoms with Gasteiger partial charge in [-0.05, 0) is 38.2 Å². The summed E-state index contributed by atoms with van der Waals surface area (Å²) in [6.45, 7) is 6.01. The van der Waals surface area contributed by atoms with Gasteiger partial charge in [0.25, 0.3) is 0 Å². The van der Waals surface area contributed by atoms with Crippen molar-refractivity contribution in [2.45, 2.75) is 24.8 Å². The van der Waals surface area contributed by atoms with Crippen molar-refractivity contribution in [3.8, 4) is 11.5 Å². The van der Waals surface area contributed by atoms with Gasteiger partial charge in [0.1, 0.15) is 22.1 Å². The minimum atomic E-state index is -1.21. The van der Waals surface area contributed by atoms with Gasteiger partial charge in [-0.15, -0.1) is 11.6 Å². The van der Waals surface area contributed by atoms with E-state index in [1.54, 1.807) is 25.1 Å². The number of carbonyl (C=O) groups is 2. The topological polar surface area (TPSA) is 114 Å². The van der Waals surface area contributed by atoms with Crippen LogP contribution in [0.25, 0.3) is 0 Å². The molecule has 1 aliphatic carbocycles. The number of nitrogens with one attached hydrogen (secondary N) is 2. The molecule has 1 atom stereocenters. The van der Waals surface area contributed by atoms with Gasteiger partial charge in [-0.2, -0.15) is 0 Å². The Bertz CT molecular complexity index is 956. The summed E-state index contributed by atoms with van der Waals surface area (Å²) in [5.74, 6) is -1.33. The van der Waals surface area contributed by atoms with E-state index in [0.29, 0.717) is 18.0 Å². The summed E-state index contributed by atoms with van der Waals surface area (Å²) >= 11 is 13.0. The van der Waals surface area contributed by atoms with Crippen LogP contribution in [0.1, 0.15) is 18.9 Å². The molecule has 3 rings (SSSR count). The number of nitrogens with zero attached hydrogens (tertiary/aromatic N) is 2. The predicted octanol–water partition coefficient (Wildman–Crippen LogP) is 1.88. The maximum Gasteiger partial charge on any atom is 0.332 e. The van der Waals surface area contributed by atoms with Crippen molar-refractivity contribution in [1.82, 2.24) is 20.6 Å². The maximum absolute atomic E-state index is 11.7. The lowest BCUT2D eigenvalue weighted by Crippen LogP contribution is -2.43. The molecule has 1 heterocycles. The third kappa shape index (κ3) is 5.93. The molecular weight excluding hydrogens is 459 g/mol. The van der Waals surface area contributed by atoms with Gasteiger partial charge in [-0.1, -0.05) is 11.6 Å². The monoisotopic (exact) mass is 484 g/mol. The highest BCUT2D eigenvalue weighted by atomic mass is 35.5. The molecule has 1 aromatic carbocycles. The first-order chi connectivity index (χ1) is 15.1. The molecule has 1 aromatic rings. The molecule has 4 N–H and O–H groups in total. The standard InChI is InChI=1S/C21H26Cl2N4O5/c1-21(23)11-14(24-19(29)20(30)25-31)10-16(22)18(21)32-15-3-4-17(28)13(9-15)12-27-7-5-26(2)6-8-27/h3-4,9-10,28,31H,5-8,11-12H2,1-2H3,(H,24,29)(H,25,30)/t21-/m0/s1. The van der Waals surface area contributed by atoms with Crippen molar-refractivity contribution in [2.24, 2.45) is 0 Å². The van der Waals surface area contributed by atoms with Crippen molar-refractivity contribution in [3.05, 3.63) is 46.3 Å². The van der Waals surface area contributed by atoms with E-state index in [0.717, 1.165) is 31.7 Å². The quantitative estimate of drug-likeness (QED) is 0.218. The first-order valence-electron chi connectivity index (χ1n) is 10.0. The molecule has 1 saturated heterocycles. The molecule has 2 aliphatic rings. The molecule has 0 saturated carbocycles. The van der Waals surface area contributed by atoms with Crippen LogP contribution in [0.2, 0.25) is 0 Å². The zero-order valence-corrected chi connectivity index (χ0v) is 19.3. The van der Waals surface area contributed by atoms with Crippen LogP contribution >= 0.6 is 23.2 Å². The van der Waals surface area contributed by atoms with Crippen LogP contribution in [0, 0.1) is 0 Å². The van der Waals surface area contributed by atoms with Crippen LogP contribution < -0.4 is 15.5 Å². The fraction of sp³-hybridized carbons (Fsp3) is 0.429. The summed E-state index contributed by atoms with van der Waals surface area (Å²) in [4.78, 5) is 26.3. The Morgan fingerprint density at radius 2 is 1.91 bits per heavy atom. The molecule has 174 valence electrons. The second kappa shape index (κ2) is 10.1. The second-order valence-electron chi connectivity index (χ2n) is 8.09. The Kier molecular flexibility index (Phi) is 7.68. The Morgan fingerprint density at radius 1 is 1.22 bits per heavy atom. The number of halogens is 2. The molecule has 0 spiro atoms. The molecule has 0 unspecified atom stereocenters. The summed E-state index contributed by atoms with van der Waals surface area (Å²) in [6, 6.07) is 4.95. The Hall–Kier alpha value is -2.30. The molecule has 9 nitrogen and oxygen atoms in total. The van der Waals surface area contributed by atoms with Crippen LogP contribution in [0.4, 0.5) is 0 Å². The van der Waals surface area contributed by atoms with Crippen molar-refractivity contribution in [3.63, 3.8) is 0 Å². The van der Waals surface area contributed by atoms with Gasteiger partial charge in [0.15, 0.2) is 0 Å². The van der Waals surface area contributed by atoms with Crippen LogP contribution in [-0.4, -0.2) is 70.0 Å². The minimum Gasteiger partial charge on any atom is -0.508 e. The number of piperazine rings is 1. The normalized spacial score (nSPS) is 22.3. The SMILES string of the molecule is CN1CCN(Cc2cc(OC3=C(Cl)C=C(NC(=O)C(=O)NO)C[C@]3(C)Cl)ccc2O)CC1. The summed E-state index contributed by atoms with van der Waals surface area (Å²) in [7, 11) is 2.08. The molecule has 1 fully saturated rings. The minimum absolute atomic E-state index is 0.122. The van der Waals surface area contributed by atoms with E-state index < -0.39 is 16.7 Å². The predicted molar refractivity (Wildman–Crippen MR) is 119 cm³/mol. The molecule has 32 heavy (non-hydrogen) atoms. The highest BCUT2D eigenvalue weighted by molar-refractivity contribution is 6.36. The number of rotatable bonds is 5. The van der Waals surface area contributed by atoms with E-state index in [-0.39, 0.29) is 23.0 Å². The second-order valence-corrected chi connectivity index (χ2v) is 9.33. The number of hydroxylamine groups is 1. The lowest BCUT2D eigenvalue weighted by Gasteiger charge is -2.33. The zero-order valence-electron chi connectivity index (χ0n) is 17.8. The third-order valence-electron chi connectivity index (χ3n) is 5.36. The summed E-state index contributed by atoms with van der Waals surface area (Å²) < 4.78 is 6.01. The number of hydrogen-bond donors (Lipinski definition) is 4. The van der Waals surface area contributed by atoms with Crippen LogP contribution in [0.5, 0.6) is 11.5 Å². The van der Waals surface area contributed by atoms with Gasteiger partial charge in [-0.25, -0.2) is 5.48 Å². The van der Waals surface area contributed by atoms with Crippen molar-refractivity contribution in [1.29, 1.82) is 0 Å². The first-order valence-corrected chi connectivity index (χ1v) is 10.8. The Morgan fingerprint density at radius 3 is 2.53 bits per heavy atom. The van der Waals surface area contributed by atoms with E-state index in [4.69, 9.17) is 33.1 Å². The number of phenols is 1. The van der Waals surface area contributed by atoms with Crippen LogP contribution in [0.3, 0.4) is 0 Å². The highest BCUT2D eigenvalue weighted by Gasteiger charge is 2.36. The number of alkyl halides is 1. The summed E-state index contributed by atoms with van der Waals surface area (Å²) in [6.07, 6.45) is 1.56. The maximum atomic E-state index is 11.7. The number of amides is 2.